The SMILES string of the molecule is Cc1ccc(SC2=NNC(c3ccccc3)=Nc3ccccc32)cc1. The van der Waals surface area contributed by atoms with Crippen LogP contribution in [0.25, 0.3) is 0 Å². The first kappa shape index (κ1) is 15.7. The summed E-state index contributed by atoms with van der Waals surface area (Å²) < 4.78 is 0. The Morgan fingerprint density at radius 2 is 1.52 bits per heavy atom. The summed E-state index contributed by atoms with van der Waals surface area (Å²) in [7, 11) is 0. The Morgan fingerprint density at radius 1 is 0.800 bits per heavy atom. The minimum absolute atomic E-state index is 0.757. The van der Waals surface area contributed by atoms with E-state index >= 15 is 0 Å². The Kier molecular flexibility index (Phi) is 4.36. The molecule has 0 atom stereocenters. The zero-order chi connectivity index (χ0) is 17.1. The number of aliphatic imine (C=N–C) groups is 1. The van der Waals surface area contributed by atoms with Crippen LogP contribution in [-0.2, 0) is 0 Å². The summed E-state index contributed by atoms with van der Waals surface area (Å²) in [5, 5.41) is 5.55. The molecule has 4 rings (SSSR count). The fourth-order valence-electron chi connectivity index (χ4n) is 2.58. The average molecular weight is 343 g/mol. The lowest BCUT2D eigenvalue weighted by atomic mass is 10.2. The third-order valence-electron chi connectivity index (χ3n) is 3.91. The number of rotatable bonds is 2. The molecule has 0 aromatic heterocycles. The Morgan fingerprint density at radius 3 is 2.32 bits per heavy atom. The number of nitrogens with zero attached hydrogens (tertiary/aromatic N) is 2. The molecule has 4 heteroatoms. The van der Waals surface area contributed by atoms with Gasteiger partial charge in [0.25, 0.3) is 0 Å². The molecule has 0 saturated heterocycles. The van der Waals surface area contributed by atoms with E-state index in [1.165, 1.54) is 5.56 Å². The molecule has 1 aliphatic heterocycles. The zero-order valence-electron chi connectivity index (χ0n) is 13.8. The second-order valence-corrected chi connectivity index (χ2v) is 6.85. The molecule has 1 N–H and O–H groups in total. The van der Waals surface area contributed by atoms with Gasteiger partial charge in [-0.3, -0.25) is 5.43 Å². The van der Waals surface area contributed by atoms with Crippen molar-refractivity contribution >= 4 is 28.3 Å². The van der Waals surface area contributed by atoms with E-state index in [4.69, 9.17) is 4.99 Å². The van der Waals surface area contributed by atoms with Crippen molar-refractivity contribution < 1.29 is 0 Å². The highest BCUT2D eigenvalue weighted by molar-refractivity contribution is 8.14. The molecule has 1 heterocycles. The predicted molar refractivity (Wildman–Crippen MR) is 106 cm³/mol. The van der Waals surface area contributed by atoms with Crippen molar-refractivity contribution in [3.63, 3.8) is 0 Å². The molecule has 0 spiro atoms. The quantitative estimate of drug-likeness (QED) is 0.700. The number of hydrogen-bond acceptors (Lipinski definition) is 4. The van der Waals surface area contributed by atoms with E-state index < -0.39 is 0 Å². The first-order valence-corrected chi connectivity index (χ1v) is 8.93. The predicted octanol–water partition coefficient (Wildman–Crippen LogP) is 5.13. The zero-order valence-corrected chi connectivity index (χ0v) is 14.6. The summed E-state index contributed by atoms with van der Waals surface area (Å²) in [6, 6.07) is 26.6. The number of hydrogen-bond donors (Lipinski definition) is 1. The van der Waals surface area contributed by atoms with Gasteiger partial charge in [-0.25, -0.2) is 4.99 Å². The van der Waals surface area contributed by atoms with Gasteiger partial charge in [0.1, 0.15) is 5.04 Å². The third-order valence-corrected chi connectivity index (χ3v) is 4.93. The Labute approximate surface area is 151 Å². The van der Waals surface area contributed by atoms with Gasteiger partial charge >= 0.3 is 0 Å². The summed E-state index contributed by atoms with van der Waals surface area (Å²) in [5.74, 6) is 0.757. The van der Waals surface area contributed by atoms with Crippen LogP contribution in [0.2, 0.25) is 0 Å². The first-order valence-electron chi connectivity index (χ1n) is 8.11. The summed E-state index contributed by atoms with van der Waals surface area (Å²) in [4.78, 5) is 5.95. The molecule has 0 unspecified atom stereocenters. The van der Waals surface area contributed by atoms with Crippen LogP contribution in [0, 0.1) is 6.92 Å². The van der Waals surface area contributed by atoms with Crippen molar-refractivity contribution in [1.82, 2.24) is 5.43 Å². The number of nitrogens with one attached hydrogen (secondary N) is 1. The molecule has 0 fully saturated rings. The van der Waals surface area contributed by atoms with E-state index in [0.29, 0.717) is 0 Å². The number of aryl methyl sites for hydroxylation is 1. The van der Waals surface area contributed by atoms with Crippen LogP contribution in [-0.4, -0.2) is 10.9 Å². The van der Waals surface area contributed by atoms with Crippen molar-refractivity contribution in [3.8, 4) is 0 Å². The molecule has 3 aromatic rings. The van der Waals surface area contributed by atoms with E-state index in [2.05, 4.69) is 47.8 Å². The van der Waals surface area contributed by atoms with Crippen LogP contribution in [0.4, 0.5) is 5.69 Å². The fourth-order valence-corrected chi connectivity index (χ4v) is 3.45. The van der Waals surface area contributed by atoms with Crippen molar-refractivity contribution in [3.05, 3.63) is 95.6 Å². The van der Waals surface area contributed by atoms with E-state index in [1.54, 1.807) is 11.8 Å². The lowest BCUT2D eigenvalue weighted by molar-refractivity contribution is 1.04. The highest BCUT2D eigenvalue weighted by Gasteiger charge is 2.16. The van der Waals surface area contributed by atoms with Crippen LogP contribution in [0.15, 0.2) is 93.9 Å². The number of thioether (sulfide) groups is 1. The van der Waals surface area contributed by atoms with Gasteiger partial charge in [-0.05, 0) is 25.1 Å². The van der Waals surface area contributed by atoms with Gasteiger partial charge in [0.15, 0.2) is 5.84 Å². The molecule has 122 valence electrons. The fraction of sp³-hybridized carbons (Fsp3) is 0.0476. The Balaban J connectivity index is 1.73. The molecule has 0 radical (unpaired) electrons. The highest BCUT2D eigenvalue weighted by Crippen LogP contribution is 2.30. The van der Waals surface area contributed by atoms with E-state index in [9.17, 15) is 0 Å². The second kappa shape index (κ2) is 6.95. The van der Waals surface area contributed by atoms with Gasteiger partial charge in [0.05, 0.1) is 5.69 Å². The van der Waals surface area contributed by atoms with Crippen LogP contribution >= 0.6 is 11.8 Å². The number of benzene rings is 3. The maximum Gasteiger partial charge on any atom is 0.154 e. The van der Waals surface area contributed by atoms with Crippen molar-refractivity contribution in [2.45, 2.75) is 11.8 Å². The molecule has 3 aromatic carbocycles. The summed E-state index contributed by atoms with van der Waals surface area (Å²) in [6.45, 7) is 2.09. The molecule has 1 aliphatic rings. The molecule has 25 heavy (non-hydrogen) atoms. The van der Waals surface area contributed by atoms with Crippen LogP contribution in [0.3, 0.4) is 0 Å². The Hall–Kier alpha value is -2.85. The number of fused-ring (bicyclic) bond motifs is 1. The van der Waals surface area contributed by atoms with Gasteiger partial charge in [0, 0.05) is 16.0 Å². The van der Waals surface area contributed by atoms with E-state index in [1.807, 2.05) is 48.5 Å². The lowest BCUT2D eigenvalue weighted by Crippen LogP contribution is -2.18. The second-order valence-electron chi connectivity index (χ2n) is 5.79. The smallest absolute Gasteiger partial charge is 0.154 e. The molecule has 3 nitrogen and oxygen atoms in total. The number of amidine groups is 1. The molecular formula is C21H17N3S. The van der Waals surface area contributed by atoms with Crippen LogP contribution < -0.4 is 5.43 Å². The largest absolute Gasteiger partial charge is 0.260 e. The molecule has 0 aliphatic carbocycles. The van der Waals surface area contributed by atoms with Gasteiger partial charge in [0.2, 0.25) is 0 Å². The highest BCUT2D eigenvalue weighted by atomic mass is 32.2. The minimum atomic E-state index is 0.757. The van der Waals surface area contributed by atoms with Gasteiger partial charge in [-0.15, -0.1) is 0 Å². The molecule has 0 amide bonds. The minimum Gasteiger partial charge on any atom is -0.260 e. The standard InChI is InChI=1S/C21H17N3S/c1-15-11-13-17(14-12-15)25-21-18-9-5-6-10-19(18)22-20(23-24-21)16-7-3-2-4-8-16/h2-14H,1H3,(H,22,23). The van der Waals surface area contributed by atoms with Gasteiger partial charge in [-0.2, -0.15) is 5.10 Å². The molecular weight excluding hydrogens is 326 g/mol. The Bertz CT molecular complexity index is 944. The number of para-hydroxylation sites is 1. The average Bonchev–Trinajstić information content (AvgIpc) is 2.84. The summed E-state index contributed by atoms with van der Waals surface area (Å²) in [6.07, 6.45) is 0. The summed E-state index contributed by atoms with van der Waals surface area (Å²) >= 11 is 1.64. The van der Waals surface area contributed by atoms with Crippen LogP contribution in [0.5, 0.6) is 0 Å². The monoisotopic (exact) mass is 343 g/mol. The maximum absolute atomic E-state index is 4.79. The van der Waals surface area contributed by atoms with E-state index in [0.717, 1.165) is 32.6 Å². The lowest BCUT2D eigenvalue weighted by Gasteiger charge is -2.07. The molecule has 0 bridgehead atoms. The maximum atomic E-state index is 4.79. The number of hydrazone groups is 1. The van der Waals surface area contributed by atoms with Crippen molar-refractivity contribution in [2.75, 3.05) is 0 Å². The van der Waals surface area contributed by atoms with Gasteiger partial charge < -0.3 is 0 Å². The van der Waals surface area contributed by atoms with Crippen molar-refractivity contribution in [2.24, 2.45) is 10.1 Å². The van der Waals surface area contributed by atoms with Crippen molar-refractivity contribution in [1.29, 1.82) is 0 Å². The van der Waals surface area contributed by atoms with Gasteiger partial charge in [-0.1, -0.05) is 78.0 Å². The summed E-state index contributed by atoms with van der Waals surface area (Å²) in [5.41, 5.74) is 7.37. The third kappa shape index (κ3) is 3.49. The first-order chi connectivity index (χ1) is 12.3. The topological polar surface area (TPSA) is 36.8 Å². The van der Waals surface area contributed by atoms with E-state index in [-0.39, 0.29) is 0 Å². The van der Waals surface area contributed by atoms with Crippen LogP contribution in [0.1, 0.15) is 16.7 Å². The molecule has 0 saturated carbocycles. The normalized spacial score (nSPS) is 13.2.